The molecule has 3 aliphatic rings. The Labute approximate surface area is 66.6 Å². The van der Waals surface area contributed by atoms with Gasteiger partial charge in [-0.2, -0.15) is 0 Å². The predicted molar refractivity (Wildman–Crippen MR) is 46.2 cm³/mol. The topological polar surface area (TPSA) is 0 Å². The van der Waals surface area contributed by atoms with Gasteiger partial charge in [-0.3, -0.25) is 0 Å². The molecule has 0 spiro atoms. The molecule has 54 valence electrons. The summed E-state index contributed by atoms with van der Waals surface area (Å²) in [5, 5.41) is 0. The molecule has 1 aromatic carbocycles. The first kappa shape index (κ1) is 5.59. The maximum atomic E-state index is 2.42. The Morgan fingerprint density at radius 1 is 1.09 bits per heavy atom. The third kappa shape index (κ3) is 0.644. The standard InChI is InChI=1S/C11H10/c1-2-4-11-9(3-1)5-8-6-10(11)7-8/h1-4,6,8H,5,7H2. The summed E-state index contributed by atoms with van der Waals surface area (Å²) >= 11 is 0. The summed E-state index contributed by atoms with van der Waals surface area (Å²) in [5.74, 6) is 0.875. The lowest BCUT2D eigenvalue weighted by Gasteiger charge is -2.33. The van der Waals surface area contributed by atoms with Gasteiger partial charge in [0.15, 0.2) is 0 Å². The van der Waals surface area contributed by atoms with Crippen LogP contribution in [-0.4, -0.2) is 0 Å². The Balaban J connectivity index is 2.26. The van der Waals surface area contributed by atoms with Crippen molar-refractivity contribution >= 4 is 5.57 Å². The second-order valence-electron chi connectivity index (χ2n) is 3.52. The first-order valence-corrected chi connectivity index (χ1v) is 4.22. The highest BCUT2D eigenvalue weighted by Crippen LogP contribution is 2.43. The molecule has 0 aliphatic heterocycles. The van der Waals surface area contributed by atoms with Crippen molar-refractivity contribution in [3.63, 3.8) is 0 Å². The molecular weight excluding hydrogens is 132 g/mol. The minimum Gasteiger partial charge on any atom is -0.0769 e. The van der Waals surface area contributed by atoms with Crippen molar-refractivity contribution in [2.45, 2.75) is 12.8 Å². The van der Waals surface area contributed by atoms with Crippen LogP contribution in [0.25, 0.3) is 5.57 Å². The van der Waals surface area contributed by atoms with E-state index in [9.17, 15) is 0 Å². The van der Waals surface area contributed by atoms with Crippen LogP contribution in [0.4, 0.5) is 0 Å². The van der Waals surface area contributed by atoms with E-state index in [1.807, 2.05) is 0 Å². The number of allylic oxidation sites excluding steroid dienone is 2. The van der Waals surface area contributed by atoms with E-state index in [1.165, 1.54) is 18.4 Å². The Hall–Kier alpha value is -1.04. The van der Waals surface area contributed by atoms with Crippen molar-refractivity contribution in [2.24, 2.45) is 5.92 Å². The Kier molecular flexibility index (Phi) is 0.894. The van der Waals surface area contributed by atoms with Crippen molar-refractivity contribution in [3.05, 3.63) is 41.5 Å². The van der Waals surface area contributed by atoms with E-state index in [4.69, 9.17) is 0 Å². The normalized spacial score (nSPS) is 25.1. The summed E-state index contributed by atoms with van der Waals surface area (Å²) in [5.41, 5.74) is 4.65. The third-order valence-corrected chi connectivity index (χ3v) is 2.76. The van der Waals surface area contributed by atoms with Crippen LogP contribution in [0.3, 0.4) is 0 Å². The molecule has 0 heterocycles. The summed E-state index contributed by atoms with van der Waals surface area (Å²) in [6, 6.07) is 8.79. The van der Waals surface area contributed by atoms with Gasteiger partial charge in [-0.1, -0.05) is 30.3 Å². The monoisotopic (exact) mass is 142 g/mol. The number of hydrogen-bond donors (Lipinski definition) is 0. The van der Waals surface area contributed by atoms with Gasteiger partial charge in [-0.05, 0) is 35.5 Å². The SMILES string of the molecule is C1=C2CC1Cc1ccccc12. The van der Waals surface area contributed by atoms with Crippen molar-refractivity contribution in [3.8, 4) is 0 Å². The van der Waals surface area contributed by atoms with Gasteiger partial charge in [0.25, 0.3) is 0 Å². The van der Waals surface area contributed by atoms with Gasteiger partial charge >= 0.3 is 0 Å². The maximum absolute atomic E-state index is 2.42. The molecule has 0 saturated heterocycles. The average molecular weight is 142 g/mol. The fourth-order valence-electron chi connectivity index (χ4n) is 2.16. The molecule has 0 aromatic heterocycles. The number of hydrogen-bond acceptors (Lipinski definition) is 0. The highest BCUT2D eigenvalue weighted by atomic mass is 14.3. The van der Waals surface area contributed by atoms with Gasteiger partial charge < -0.3 is 0 Å². The van der Waals surface area contributed by atoms with Crippen molar-refractivity contribution in [2.75, 3.05) is 0 Å². The highest BCUT2D eigenvalue weighted by Gasteiger charge is 2.27. The molecule has 0 fully saturated rings. The zero-order valence-electron chi connectivity index (χ0n) is 6.38. The summed E-state index contributed by atoms with van der Waals surface area (Å²) in [6.07, 6.45) is 5.03. The van der Waals surface area contributed by atoms with Crippen LogP contribution in [0.2, 0.25) is 0 Å². The third-order valence-electron chi connectivity index (χ3n) is 2.76. The number of benzene rings is 1. The van der Waals surface area contributed by atoms with Crippen LogP contribution >= 0.6 is 0 Å². The van der Waals surface area contributed by atoms with E-state index in [2.05, 4.69) is 30.3 Å². The molecule has 0 amide bonds. The van der Waals surface area contributed by atoms with Gasteiger partial charge in [0, 0.05) is 0 Å². The molecule has 1 unspecified atom stereocenters. The zero-order chi connectivity index (χ0) is 7.26. The molecule has 2 bridgehead atoms. The van der Waals surface area contributed by atoms with Crippen LogP contribution in [-0.2, 0) is 6.42 Å². The van der Waals surface area contributed by atoms with Crippen LogP contribution < -0.4 is 0 Å². The van der Waals surface area contributed by atoms with E-state index in [0.29, 0.717) is 0 Å². The summed E-state index contributed by atoms with van der Waals surface area (Å²) in [7, 11) is 0. The molecule has 0 radical (unpaired) electrons. The molecule has 11 heavy (non-hydrogen) atoms. The van der Waals surface area contributed by atoms with Crippen LogP contribution in [0.5, 0.6) is 0 Å². The van der Waals surface area contributed by atoms with Crippen LogP contribution in [0, 0.1) is 5.92 Å². The minimum absolute atomic E-state index is 0.875. The van der Waals surface area contributed by atoms with Gasteiger partial charge in [-0.25, -0.2) is 0 Å². The quantitative estimate of drug-likeness (QED) is 0.522. The fourth-order valence-corrected chi connectivity index (χ4v) is 2.16. The molecule has 0 N–H and O–H groups in total. The van der Waals surface area contributed by atoms with Crippen molar-refractivity contribution < 1.29 is 0 Å². The molecular formula is C11H10. The molecule has 4 rings (SSSR count). The molecule has 1 aromatic rings. The van der Waals surface area contributed by atoms with Gasteiger partial charge in [0.05, 0.1) is 0 Å². The molecule has 0 saturated carbocycles. The van der Waals surface area contributed by atoms with Gasteiger partial charge in [-0.15, -0.1) is 0 Å². The largest absolute Gasteiger partial charge is 0.0769 e. The molecule has 0 heteroatoms. The van der Waals surface area contributed by atoms with Gasteiger partial charge in [0.2, 0.25) is 0 Å². The fraction of sp³-hybridized carbons (Fsp3) is 0.273. The summed E-state index contributed by atoms with van der Waals surface area (Å²) in [6.45, 7) is 0. The Morgan fingerprint density at radius 2 is 1.91 bits per heavy atom. The Morgan fingerprint density at radius 3 is 2.73 bits per heavy atom. The smallest absolute Gasteiger partial charge is 0.0146 e. The lowest BCUT2D eigenvalue weighted by molar-refractivity contribution is 0.600. The lowest BCUT2D eigenvalue weighted by atomic mass is 9.71. The summed E-state index contributed by atoms with van der Waals surface area (Å²) < 4.78 is 0. The first-order chi connectivity index (χ1) is 5.43. The van der Waals surface area contributed by atoms with E-state index in [-0.39, 0.29) is 0 Å². The Bertz CT molecular complexity index is 334. The van der Waals surface area contributed by atoms with E-state index in [1.54, 1.807) is 11.1 Å². The maximum Gasteiger partial charge on any atom is -0.0146 e. The molecule has 1 atom stereocenters. The van der Waals surface area contributed by atoms with E-state index in [0.717, 1.165) is 5.92 Å². The lowest BCUT2D eigenvalue weighted by Crippen LogP contribution is -2.19. The summed E-state index contributed by atoms with van der Waals surface area (Å²) in [4.78, 5) is 0. The van der Waals surface area contributed by atoms with Crippen molar-refractivity contribution in [1.29, 1.82) is 0 Å². The zero-order valence-corrected chi connectivity index (χ0v) is 6.38. The average Bonchev–Trinajstić information content (AvgIpc) is 2.02. The van der Waals surface area contributed by atoms with E-state index < -0.39 is 0 Å². The van der Waals surface area contributed by atoms with Crippen molar-refractivity contribution in [1.82, 2.24) is 0 Å². The van der Waals surface area contributed by atoms with Crippen LogP contribution in [0.1, 0.15) is 17.5 Å². The minimum atomic E-state index is 0.875. The number of rotatable bonds is 0. The van der Waals surface area contributed by atoms with Crippen LogP contribution in [0.15, 0.2) is 30.3 Å². The highest BCUT2D eigenvalue weighted by molar-refractivity contribution is 5.76. The molecule has 0 nitrogen and oxygen atoms in total. The second kappa shape index (κ2) is 1.76. The molecule has 3 aliphatic carbocycles. The van der Waals surface area contributed by atoms with Gasteiger partial charge in [0.1, 0.15) is 0 Å². The van der Waals surface area contributed by atoms with E-state index >= 15 is 0 Å². The second-order valence-corrected chi connectivity index (χ2v) is 3.52. The predicted octanol–water partition coefficient (Wildman–Crippen LogP) is 2.65. The first-order valence-electron chi connectivity index (χ1n) is 4.22.